The van der Waals surface area contributed by atoms with Crippen LogP contribution in [0.15, 0.2) is 54.7 Å². The number of rotatable bonds is 14. The number of fused-ring (bicyclic) bond motifs is 1. The van der Waals surface area contributed by atoms with E-state index in [9.17, 15) is 4.79 Å². The lowest BCUT2D eigenvalue weighted by molar-refractivity contribution is 0.103. The zero-order chi connectivity index (χ0) is 22.8. The second-order valence-electron chi connectivity index (χ2n) is 8.94. The molecule has 1 aromatic carbocycles. The fraction of sp³-hybridized carbons (Fsp3) is 0.483. The number of pyridine rings is 1. The lowest BCUT2D eigenvalue weighted by atomic mass is 10.0. The average Bonchev–Trinajstić information content (AvgIpc) is 3.18. The molecule has 0 radical (unpaired) electrons. The molecule has 3 nitrogen and oxygen atoms in total. The summed E-state index contributed by atoms with van der Waals surface area (Å²) in [7, 11) is 0. The molecule has 0 saturated carbocycles. The summed E-state index contributed by atoms with van der Waals surface area (Å²) >= 11 is 0. The standard InChI is InChI=1S/C29H40N2O/c1-4-7-19-30(20-8-5-2)21-11-13-24-15-17-25(18-16-24)29(32)28-26(12-6-3)23-27-14-9-10-22-31(27)28/h9-10,14-18,22-23H,4-8,11-13,19-21H2,1-3H3. The fourth-order valence-electron chi connectivity index (χ4n) is 4.46. The van der Waals surface area contributed by atoms with Crippen LogP contribution in [0.3, 0.4) is 0 Å². The SMILES string of the molecule is CCCCN(CCCC)CCCc1ccc(C(=O)c2c(CCC)cc3ccccn23)cc1. The van der Waals surface area contributed by atoms with Crippen molar-refractivity contribution in [3.63, 3.8) is 0 Å². The van der Waals surface area contributed by atoms with Gasteiger partial charge in [0.25, 0.3) is 0 Å². The third-order valence-electron chi connectivity index (χ3n) is 6.30. The number of carbonyl (C=O) groups is 1. The maximum atomic E-state index is 13.4. The van der Waals surface area contributed by atoms with Crippen LogP contribution in [0.1, 0.15) is 86.5 Å². The largest absolute Gasteiger partial charge is 0.313 e. The second kappa shape index (κ2) is 12.6. The Bertz CT molecular complexity index is 962. The molecule has 3 rings (SSSR count). The number of hydrogen-bond acceptors (Lipinski definition) is 2. The van der Waals surface area contributed by atoms with Gasteiger partial charge < -0.3 is 9.30 Å². The van der Waals surface area contributed by atoms with E-state index >= 15 is 0 Å². The summed E-state index contributed by atoms with van der Waals surface area (Å²) in [6.45, 7) is 10.3. The number of unbranched alkanes of at least 4 members (excludes halogenated alkanes) is 2. The molecular weight excluding hydrogens is 392 g/mol. The lowest BCUT2D eigenvalue weighted by Crippen LogP contribution is -2.27. The zero-order valence-corrected chi connectivity index (χ0v) is 20.3. The summed E-state index contributed by atoms with van der Waals surface area (Å²) in [5, 5.41) is 0. The molecule has 0 spiro atoms. The van der Waals surface area contributed by atoms with Crippen LogP contribution in [-0.2, 0) is 12.8 Å². The van der Waals surface area contributed by atoms with Crippen LogP contribution in [-0.4, -0.2) is 34.7 Å². The molecule has 3 aromatic rings. The van der Waals surface area contributed by atoms with Crippen molar-refractivity contribution in [2.24, 2.45) is 0 Å². The Morgan fingerprint density at radius 1 is 0.812 bits per heavy atom. The van der Waals surface area contributed by atoms with E-state index in [0.717, 1.165) is 48.1 Å². The van der Waals surface area contributed by atoms with Gasteiger partial charge in [-0.05, 0) is 81.1 Å². The van der Waals surface area contributed by atoms with Crippen LogP contribution < -0.4 is 0 Å². The van der Waals surface area contributed by atoms with E-state index < -0.39 is 0 Å². The molecule has 0 aliphatic heterocycles. The molecule has 2 aromatic heterocycles. The van der Waals surface area contributed by atoms with Gasteiger partial charge in [0.05, 0.1) is 5.69 Å². The van der Waals surface area contributed by atoms with Crippen molar-refractivity contribution < 1.29 is 4.79 Å². The lowest BCUT2D eigenvalue weighted by Gasteiger charge is -2.21. The van der Waals surface area contributed by atoms with E-state index in [1.54, 1.807) is 0 Å². The maximum Gasteiger partial charge on any atom is 0.210 e. The molecule has 0 fully saturated rings. The van der Waals surface area contributed by atoms with Gasteiger partial charge in [-0.1, -0.05) is 70.4 Å². The van der Waals surface area contributed by atoms with Gasteiger partial charge in [-0.2, -0.15) is 0 Å². The first-order chi connectivity index (χ1) is 15.7. The van der Waals surface area contributed by atoms with Crippen molar-refractivity contribution in [3.05, 3.63) is 77.1 Å². The van der Waals surface area contributed by atoms with Gasteiger partial charge in [0.1, 0.15) is 0 Å². The van der Waals surface area contributed by atoms with E-state index in [4.69, 9.17) is 0 Å². The highest BCUT2D eigenvalue weighted by Crippen LogP contribution is 2.22. The van der Waals surface area contributed by atoms with Crippen molar-refractivity contribution in [2.75, 3.05) is 19.6 Å². The number of aromatic nitrogens is 1. The Labute approximate surface area is 194 Å². The Morgan fingerprint density at radius 2 is 1.50 bits per heavy atom. The fourth-order valence-corrected chi connectivity index (χ4v) is 4.46. The molecule has 0 saturated heterocycles. The maximum absolute atomic E-state index is 13.4. The average molecular weight is 433 g/mol. The molecule has 32 heavy (non-hydrogen) atoms. The highest BCUT2D eigenvalue weighted by molar-refractivity contribution is 6.09. The minimum Gasteiger partial charge on any atom is -0.313 e. The van der Waals surface area contributed by atoms with Gasteiger partial charge in [-0.25, -0.2) is 0 Å². The summed E-state index contributed by atoms with van der Waals surface area (Å²) < 4.78 is 2.04. The Hall–Kier alpha value is -2.39. The van der Waals surface area contributed by atoms with Crippen molar-refractivity contribution in [1.82, 2.24) is 9.30 Å². The number of ketones is 1. The zero-order valence-electron chi connectivity index (χ0n) is 20.3. The molecule has 0 unspecified atom stereocenters. The van der Waals surface area contributed by atoms with E-state index in [-0.39, 0.29) is 5.78 Å². The van der Waals surface area contributed by atoms with Gasteiger partial charge in [-0.15, -0.1) is 0 Å². The smallest absolute Gasteiger partial charge is 0.210 e. The van der Waals surface area contributed by atoms with Crippen LogP contribution in [0.4, 0.5) is 0 Å². The van der Waals surface area contributed by atoms with E-state index in [0.29, 0.717) is 0 Å². The first-order valence-corrected chi connectivity index (χ1v) is 12.6. The van der Waals surface area contributed by atoms with E-state index in [1.165, 1.54) is 50.8 Å². The molecule has 0 aliphatic carbocycles. The second-order valence-corrected chi connectivity index (χ2v) is 8.94. The third kappa shape index (κ3) is 6.32. The minimum atomic E-state index is 0.122. The Balaban J connectivity index is 1.65. The van der Waals surface area contributed by atoms with Crippen LogP contribution in [0.25, 0.3) is 5.52 Å². The van der Waals surface area contributed by atoms with Crippen molar-refractivity contribution in [3.8, 4) is 0 Å². The van der Waals surface area contributed by atoms with Crippen molar-refractivity contribution in [1.29, 1.82) is 0 Å². The quantitative estimate of drug-likeness (QED) is 0.257. The molecule has 0 bridgehead atoms. The summed E-state index contributed by atoms with van der Waals surface area (Å²) in [4.78, 5) is 16.0. The van der Waals surface area contributed by atoms with Crippen molar-refractivity contribution >= 4 is 11.3 Å². The summed E-state index contributed by atoms with van der Waals surface area (Å²) in [6, 6.07) is 16.6. The molecule has 2 heterocycles. The monoisotopic (exact) mass is 432 g/mol. The number of hydrogen-bond donors (Lipinski definition) is 0. The van der Waals surface area contributed by atoms with Crippen LogP contribution in [0.5, 0.6) is 0 Å². The summed E-state index contributed by atoms with van der Waals surface area (Å²) in [5.41, 5.74) is 5.15. The van der Waals surface area contributed by atoms with Crippen LogP contribution >= 0.6 is 0 Å². The highest BCUT2D eigenvalue weighted by Gasteiger charge is 2.18. The molecule has 0 amide bonds. The highest BCUT2D eigenvalue weighted by atomic mass is 16.1. The molecule has 0 aliphatic rings. The Morgan fingerprint density at radius 3 is 2.16 bits per heavy atom. The van der Waals surface area contributed by atoms with Gasteiger partial charge in [0.2, 0.25) is 5.78 Å². The van der Waals surface area contributed by atoms with E-state index in [2.05, 4.69) is 49.9 Å². The normalized spacial score (nSPS) is 11.5. The van der Waals surface area contributed by atoms with Gasteiger partial charge in [0.15, 0.2) is 0 Å². The predicted octanol–water partition coefficient (Wildman–Crippen LogP) is 6.96. The van der Waals surface area contributed by atoms with Gasteiger partial charge >= 0.3 is 0 Å². The number of nitrogens with zero attached hydrogens (tertiary/aromatic N) is 2. The van der Waals surface area contributed by atoms with Crippen LogP contribution in [0.2, 0.25) is 0 Å². The number of carbonyl (C=O) groups excluding carboxylic acids is 1. The molecule has 0 atom stereocenters. The minimum absolute atomic E-state index is 0.122. The molecule has 0 N–H and O–H groups in total. The van der Waals surface area contributed by atoms with Crippen LogP contribution in [0, 0.1) is 0 Å². The van der Waals surface area contributed by atoms with Gasteiger partial charge in [-0.3, -0.25) is 4.79 Å². The van der Waals surface area contributed by atoms with E-state index in [1.807, 2.05) is 34.9 Å². The summed E-state index contributed by atoms with van der Waals surface area (Å²) in [5.74, 6) is 0.122. The molecular formula is C29H40N2O. The summed E-state index contributed by atoms with van der Waals surface area (Å²) in [6.07, 6.45) is 11.3. The number of aryl methyl sites for hydroxylation is 2. The first-order valence-electron chi connectivity index (χ1n) is 12.6. The predicted molar refractivity (Wildman–Crippen MR) is 136 cm³/mol. The Kier molecular flexibility index (Phi) is 9.55. The molecule has 172 valence electrons. The topological polar surface area (TPSA) is 24.7 Å². The van der Waals surface area contributed by atoms with Crippen molar-refractivity contribution in [2.45, 2.75) is 72.1 Å². The molecule has 3 heteroatoms. The first kappa shape index (κ1) is 24.3. The third-order valence-corrected chi connectivity index (χ3v) is 6.30. The number of benzene rings is 1. The van der Waals surface area contributed by atoms with Gasteiger partial charge in [0, 0.05) is 17.3 Å².